The molecule has 0 spiro atoms. The van der Waals surface area contributed by atoms with Gasteiger partial charge in [-0.2, -0.15) is 0 Å². The molecule has 0 aliphatic rings. The predicted octanol–water partition coefficient (Wildman–Crippen LogP) is 4.22. The number of H-pyrrole nitrogens is 1. The number of aromatic nitrogens is 2. The van der Waals surface area contributed by atoms with Gasteiger partial charge < -0.3 is 14.6 Å². The fourth-order valence-corrected chi connectivity index (χ4v) is 4.35. The van der Waals surface area contributed by atoms with Gasteiger partial charge in [0.05, 0.1) is 17.5 Å². The first-order valence-electron chi connectivity index (χ1n) is 10.5. The highest BCUT2D eigenvalue weighted by Crippen LogP contribution is 2.23. The number of Topliss-reactive ketones (excluding diaryl/α,β-unsaturated/α-hetero) is 1. The average Bonchev–Trinajstić information content (AvgIpc) is 3.42. The van der Waals surface area contributed by atoms with E-state index in [1.807, 2.05) is 29.6 Å². The van der Waals surface area contributed by atoms with Crippen LogP contribution in [-0.2, 0) is 11.2 Å². The van der Waals surface area contributed by atoms with Gasteiger partial charge >= 0.3 is 5.97 Å². The summed E-state index contributed by atoms with van der Waals surface area (Å²) in [5.41, 5.74) is 2.64. The number of carbonyl (C=O) groups excluding carboxylic acids is 3. The van der Waals surface area contributed by atoms with E-state index in [0.29, 0.717) is 34.7 Å². The molecular formula is C24H27N3O4S. The molecule has 3 aromatic heterocycles. The molecule has 32 heavy (non-hydrogen) atoms. The number of hydrogen-bond donors (Lipinski definition) is 1. The molecule has 0 radical (unpaired) electrons. The Kier molecular flexibility index (Phi) is 7.58. The molecule has 0 saturated carbocycles. The smallest absolute Gasteiger partial charge is 0.355 e. The van der Waals surface area contributed by atoms with Crippen LogP contribution in [0.1, 0.15) is 61.3 Å². The summed E-state index contributed by atoms with van der Waals surface area (Å²) in [6, 6.07) is 8.47. The zero-order valence-corrected chi connectivity index (χ0v) is 19.5. The van der Waals surface area contributed by atoms with Gasteiger partial charge in [-0.3, -0.25) is 14.6 Å². The van der Waals surface area contributed by atoms with E-state index in [-0.39, 0.29) is 24.0 Å². The van der Waals surface area contributed by atoms with Crippen molar-refractivity contribution in [2.24, 2.45) is 0 Å². The number of ketones is 1. The number of amides is 1. The number of nitrogens with zero attached hydrogens (tertiary/aromatic N) is 2. The molecule has 0 aromatic carbocycles. The van der Waals surface area contributed by atoms with E-state index in [9.17, 15) is 14.4 Å². The summed E-state index contributed by atoms with van der Waals surface area (Å²) in [6.07, 6.45) is 2.23. The largest absolute Gasteiger partial charge is 0.461 e. The number of ether oxygens (including phenoxy) is 1. The second-order valence-corrected chi connectivity index (χ2v) is 8.38. The summed E-state index contributed by atoms with van der Waals surface area (Å²) in [4.78, 5) is 48.5. The Balaban J connectivity index is 1.90. The van der Waals surface area contributed by atoms with E-state index in [1.165, 1.54) is 11.3 Å². The van der Waals surface area contributed by atoms with E-state index >= 15 is 0 Å². The summed E-state index contributed by atoms with van der Waals surface area (Å²) in [5.74, 6) is -0.924. The second kappa shape index (κ2) is 10.4. The summed E-state index contributed by atoms with van der Waals surface area (Å²) < 4.78 is 5.09. The van der Waals surface area contributed by atoms with Crippen molar-refractivity contribution in [1.82, 2.24) is 14.9 Å². The lowest BCUT2D eigenvalue weighted by atomic mass is 9.99. The van der Waals surface area contributed by atoms with Crippen LogP contribution in [0.15, 0.2) is 41.9 Å². The van der Waals surface area contributed by atoms with E-state index in [2.05, 4.69) is 9.97 Å². The molecule has 1 atom stereocenters. The number of aryl methyl sites for hydroxylation is 1. The number of carbonyl (C=O) groups is 3. The number of pyridine rings is 1. The van der Waals surface area contributed by atoms with Crippen molar-refractivity contribution in [2.45, 2.75) is 40.2 Å². The Hall–Kier alpha value is -3.26. The van der Waals surface area contributed by atoms with Gasteiger partial charge in [-0.25, -0.2) is 4.79 Å². The van der Waals surface area contributed by atoms with Crippen molar-refractivity contribution < 1.29 is 19.1 Å². The lowest BCUT2D eigenvalue weighted by Gasteiger charge is -2.28. The van der Waals surface area contributed by atoms with Crippen LogP contribution in [0, 0.1) is 13.8 Å². The molecule has 0 saturated heterocycles. The minimum absolute atomic E-state index is 0.201. The molecule has 0 bridgehead atoms. The molecule has 1 N–H and O–H groups in total. The number of thiophene rings is 1. The fraction of sp³-hybridized carbons (Fsp3) is 0.333. The van der Waals surface area contributed by atoms with Crippen LogP contribution in [0.25, 0.3) is 0 Å². The number of hydrogen-bond acceptors (Lipinski definition) is 6. The molecule has 3 heterocycles. The fourth-order valence-electron chi connectivity index (χ4n) is 3.67. The third-order valence-electron chi connectivity index (χ3n) is 5.34. The van der Waals surface area contributed by atoms with Crippen molar-refractivity contribution in [3.63, 3.8) is 0 Å². The van der Waals surface area contributed by atoms with Crippen molar-refractivity contribution >= 4 is 29.0 Å². The first-order valence-corrected chi connectivity index (χ1v) is 11.4. The molecule has 7 nitrogen and oxygen atoms in total. The van der Waals surface area contributed by atoms with Gasteiger partial charge in [0.25, 0.3) is 5.91 Å². The molecule has 168 valence electrons. The third kappa shape index (κ3) is 4.96. The van der Waals surface area contributed by atoms with Gasteiger partial charge in [-0.1, -0.05) is 12.1 Å². The van der Waals surface area contributed by atoms with Gasteiger partial charge in [0.15, 0.2) is 5.78 Å². The standard InChI is InChI=1S/C24H27N3O4S/c1-5-31-24(30)21-15(2)20(16(3)26-21)22(28)17(4)27(23(29)19-10-8-14-32-19)13-11-18-9-6-7-12-25-18/h6-10,12,14,17,26H,5,11,13H2,1-4H3. The second-order valence-electron chi connectivity index (χ2n) is 7.43. The normalized spacial score (nSPS) is 11.8. The van der Waals surface area contributed by atoms with Gasteiger partial charge in [-0.05, 0) is 56.8 Å². The summed E-state index contributed by atoms with van der Waals surface area (Å²) in [7, 11) is 0. The van der Waals surface area contributed by atoms with E-state index in [0.717, 1.165) is 5.69 Å². The maximum absolute atomic E-state index is 13.5. The van der Waals surface area contributed by atoms with Crippen molar-refractivity contribution in [3.05, 3.63) is 75.0 Å². The first-order chi connectivity index (χ1) is 15.3. The summed E-state index contributed by atoms with van der Waals surface area (Å²) in [5, 5.41) is 1.84. The topological polar surface area (TPSA) is 92.4 Å². The maximum Gasteiger partial charge on any atom is 0.355 e. The van der Waals surface area contributed by atoms with Gasteiger partial charge in [0.2, 0.25) is 0 Å². The minimum Gasteiger partial charge on any atom is -0.461 e. The monoisotopic (exact) mass is 453 g/mol. The van der Waals surface area contributed by atoms with Crippen molar-refractivity contribution in [2.75, 3.05) is 13.2 Å². The SMILES string of the molecule is CCOC(=O)c1[nH]c(C)c(C(=O)C(C)N(CCc2ccccn2)C(=O)c2cccs2)c1C. The molecule has 0 fully saturated rings. The average molecular weight is 454 g/mol. The Morgan fingerprint density at radius 3 is 2.59 bits per heavy atom. The summed E-state index contributed by atoms with van der Waals surface area (Å²) >= 11 is 1.34. The van der Waals surface area contributed by atoms with Crippen LogP contribution in [-0.4, -0.2) is 51.7 Å². The molecule has 0 aliphatic carbocycles. The third-order valence-corrected chi connectivity index (χ3v) is 6.20. The van der Waals surface area contributed by atoms with Crippen molar-refractivity contribution in [1.29, 1.82) is 0 Å². The van der Waals surface area contributed by atoms with E-state index in [4.69, 9.17) is 4.74 Å². The molecule has 8 heteroatoms. The number of rotatable bonds is 9. The number of nitrogens with one attached hydrogen (secondary N) is 1. The quantitative estimate of drug-likeness (QED) is 0.387. The van der Waals surface area contributed by atoms with Gasteiger partial charge in [0, 0.05) is 36.1 Å². The predicted molar refractivity (Wildman–Crippen MR) is 123 cm³/mol. The molecule has 3 aromatic rings. The lowest BCUT2D eigenvalue weighted by molar-refractivity contribution is 0.0519. The van der Waals surface area contributed by atoms with Gasteiger partial charge in [0.1, 0.15) is 5.69 Å². The van der Waals surface area contributed by atoms with Crippen LogP contribution in [0.3, 0.4) is 0 Å². The van der Waals surface area contributed by atoms with Crippen molar-refractivity contribution in [3.8, 4) is 0 Å². The molecular weight excluding hydrogens is 426 g/mol. The summed E-state index contributed by atoms with van der Waals surface area (Å²) in [6.45, 7) is 7.50. The zero-order chi connectivity index (χ0) is 23.3. The zero-order valence-electron chi connectivity index (χ0n) is 18.7. The van der Waals surface area contributed by atoms with E-state index in [1.54, 1.807) is 44.9 Å². The molecule has 1 amide bonds. The highest BCUT2D eigenvalue weighted by atomic mass is 32.1. The van der Waals surface area contributed by atoms with Crippen LogP contribution >= 0.6 is 11.3 Å². The molecule has 1 unspecified atom stereocenters. The minimum atomic E-state index is -0.725. The van der Waals surface area contributed by atoms with Crippen LogP contribution in [0.2, 0.25) is 0 Å². The van der Waals surface area contributed by atoms with Crippen LogP contribution < -0.4 is 0 Å². The van der Waals surface area contributed by atoms with E-state index < -0.39 is 12.0 Å². The Bertz CT molecular complexity index is 1090. The number of aromatic amines is 1. The molecule has 0 aliphatic heterocycles. The van der Waals surface area contributed by atoms with Gasteiger partial charge in [-0.15, -0.1) is 11.3 Å². The van der Waals surface area contributed by atoms with Crippen LogP contribution in [0.4, 0.5) is 0 Å². The number of esters is 1. The highest BCUT2D eigenvalue weighted by Gasteiger charge is 2.32. The van der Waals surface area contributed by atoms with Crippen LogP contribution in [0.5, 0.6) is 0 Å². The first kappa shape index (κ1) is 23.4. The Morgan fingerprint density at radius 1 is 1.19 bits per heavy atom. The highest BCUT2D eigenvalue weighted by molar-refractivity contribution is 7.12. The Morgan fingerprint density at radius 2 is 1.97 bits per heavy atom. The molecule has 3 rings (SSSR count). The Labute approximate surface area is 191 Å². The maximum atomic E-state index is 13.5. The lowest BCUT2D eigenvalue weighted by Crippen LogP contribution is -2.44.